The van der Waals surface area contributed by atoms with E-state index < -0.39 is 18.0 Å². The van der Waals surface area contributed by atoms with Gasteiger partial charge in [0.2, 0.25) is 11.8 Å². The number of nitrogens with zero attached hydrogens (tertiary/aromatic N) is 3. The minimum Gasteiger partial charge on any atom is -0.368 e. The maximum absolute atomic E-state index is 12.9. The molecule has 0 radical (unpaired) electrons. The quantitative estimate of drug-likeness (QED) is 0.527. The molecule has 1 saturated heterocycles. The summed E-state index contributed by atoms with van der Waals surface area (Å²) >= 11 is 13.8. The number of hydrogen-bond donors (Lipinski definition) is 2. The van der Waals surface area contributed by atoms with Crippen LogP contribution in [0.4, 0.5) is 0 Å². The number of hydrogen-bond acceptors (Lipinski definition) is 5. The second kappa shape index (κ2) is 9.39. The Morgan fingerprint density at radius 2 is 2.16 bits per heavy atom. The number of carbonyl (C=O) groups excluding carboxylic acids is 2. The second-order valence-electron chi connectivity index (χ2n) is 8.32. The van der Waals surface area contributed by atoms with Crippen LogP contribution in [0.2, 0.25) is 9.36 Å². The van der Waals surface area contributed by atoms with Gasteiger partial charge in [0.1, 0.15) is 5.65 Å². The van der Waals surface area contributed by atoms with Gasteiger partial charge in [-0.1, -0.05) is 23.2 Å². The fraction of sp³-hybridized carbons (Fsp3) is 0.409. The van der Waals surface area contributed by atoms with E-state index in [1.807, 2.05) is 47.8 Å². The van der Waals surface area contributed by atoms with Crippen molar-refractivity contribution in [1.29, 1.82) is 0 Å². The second-order valence-corrected chi connectivity index (χ2v) is 10.5. The molecular formula is C22H25Cl2N5O2S. The summed E-state index contributed by atoms with van der Waals surface area (Å²) in [5, 5.41) is 4.42. The van der Waals surface area contributed by atoms with Crippen LogP contribution >= 0.6 is 34.5 Å². The molecule has 2 amide bonds. The molecule has 4 rings (SSSR count). The maximum Gasteiger partial charge on any atom is 0.237 e. The van der Waals surface area contributed by atoms with E-state index in [2.05, 4.69) is 10.3 Å². The predicted octanol–water partition coefficient (Wildman–Crippen LogP) is 3.36. The molecule has 1 aliphatic rings. The lowest BCUT2D eigenvalue weighted by Crippen LogP contribution is -2.51. The van der Waals surface area contributed by atoms with E-state index >= 15 is 0 Å². The molecule has 0 spiro atoms. The van der Waals surface area contributed by atoms with Crippen LogP contribution in [-0.4, -0.2) is 44.9 Å². The summed E-state index contributed by atoms with van der Waals surface area (Å²) in [4.78, 5) is 32.5. The Balaban J connectivity index is 1.40. The number of carbonyl (C=O) groups is 2. The monoisotopic (exact) mass is 493 g/mol. The third kappa shape index (κ3) is 4.78. The van der Waals surface area contributed by atoms with Gasteiger partial charge in [0.05, 0.1) is 21.4 Å². The lowest BCUT2D eigenvalue weighted by atomic mass is 10.0. The summed E-state index contributed by atoms with van der Waals surface area (Å²) in [7, 11) is 1.88. The van der Waals surface area contributed by atoms with Gasteiger partial charge in [-0.2, -0.15) is 0 Å². The standard InChI is InChI=1S/C22H25Cl2N5O2S/c1-12(22(31)27-9-14-6-16-17(23)11-28(2)21(16)26-8-14)29-10-13(7-18(29)20(25)30)5-15-3-4-19(24)32-15/h3-4,6,8,11-13,18H,5,7,9-10H2,1-2H3,(H2,25,30)(H,27,31)/t12-,13?,18?/m0/s1. The number of aromatic nitrogens is 2. The minimum atomic E-state index is -0.485. The van der Waals surface area contributed by atoms with Crippen LogP contribution < -0.4 is 11.1 Å². The van der Waals surface area contributed by atoms with Crippen LogP contribution in [0.15, 0.2) is 30.6 Å². The van der Waals surface area contributed by atoms with Crippen LogP contribution in [0.3, 0.4) is 0 Å². The number of primary amides is 1. The van der Waals surface area contributed by atoms with Crippen molar-refractivity contribution in [2.75, 3.05) is 6.54 Å². The Bertz CT molecular complexity index is 1160. The number of thiophene rings is 1. The summed E-state index contributed by atoms with van der Waals surface area (Å²) in [6.07, 6.45) is 4.99. The average Bonchev–Trinajstić information content (AvgIpc) is 3.44. The molecule has 1 fully saturated rings. The molecule has 4 heterocycles. The van der Waals surface area contributed by atoms with Crippen molar-refractivity contribution in [3.8, 4) is 0 Å². The minimum absolute atomic E-state index is 0.157. The van der Waals surface area contributed by atoms with Gasteiger partial charge in [-0.15, -0.1) is 11.3 Å². The number of fused-ring (bicyclic) bond motifs is 1. The van der Waals surface area contributed by atoms with E-state index in [0.717, 1.165) is 27.4 Å². The molecule has 3 N–H and O–H groups in total. The molecule has 2 unspecified atom stereocenters. The Morgan fingerprint density at radius 1 is 1.38 bits per heavy atom. The molecule has 3 aromatic heterocycles. The van der Waals surface area contributed by atoms with Gasteiger partial charge in [0, 0.05) is 42.8 Å². The Labute approximate surface area is 200 Å². The summed E-state index contributed by atoms with van der Waals surface area (Å²) in [5.41, 5.74) is 7.31. The summed E-state index contributed by atoms with van der Waals surface area (Å²) in [6.45, 7) is 2.76. The molecule has 3 aromatic rings. The summed E-state index contributed by atoms with van der Waals surface area (Å²) in [5.74, 6) is -0.315. The van der Waals surface area contributed by atoms with Crippen LogP contribution in [-0.2, 0) is 29.6 Å². The molecule has 170 valence electrons. The van der Waals surface area contributed by atoms with Gasteiger partial charge in [-0.25, -0.2) is 4.98 Å². The first-order valence-electron chi connectivity index (χ1n) is 10.4. The zero-order valence-corrected chi connectivity index (χ0v) is 20.2. The van der Waals surface area contributed by atoms with Gasteiger partial charge < -0.3 is 15.6 Å². The van der Waals surface area contributed by atoms with Crippen molar-refractivity contribution in [3.05, 3.63) is 50.4 Å². The molecule has 32 heavy (non-hydrogen) atoms. The zero-order valence-electron chi connectivity index (χ0n) is 17.8. The van der Waals surface area contributed by atoms with Crippen LogP contribution in [0, 0.1) is 5.92 Å². The molecule has 10 heteroatoms. The number of halogens is 2. The highest BCUT2D eigenvalue weighted by Crippen LogP contribution is 2.31. The zero-order chi connectivity index (χ0) is 23.0. The number of nitrogens with two attached hydrogens (primary N) is 1. The van der Waals surface area contributed by atoms with Crippen molar-refractivity contribution in [1.82, 2.24) is 19.8 Å². The van der Waals surface area contributed by atoms with Crippen molar-refractivity contribution in [3.63, 3.8) is 0 Å². The van der Waals surface area contributed by atoms with Gasteiger partial charge in [-0.3, -0.25) is 14.5 Å². The summed E-state index contributed by atoms with van der Waals surface area (Å²) < 4.78 is 2.61. The van der Waals surface area contributed by atoms with Crippen molar-refractivity contribution in [2.45, 2.75) is 38.4 Å². The molecule has 7 nitrogen and oxygen atoms in total. The van der Waals surface area contributed by atoms with E-state index in [1.165, 1.54) is 4.88 Å². The number of likely N-dealkylation sites (tertiary alicyclic amines) is 1. The average molecular weight is 494 g/mol. The number of nitrogens with one attached hydrogen (secondary N) is 1. The van der Waals surface area contributed by atoms with E-state index in [1.54, 1.807) is 17.5 Å². The fourth-order valence-electron chi connectivity index (χ4n) is 4.40. The molecule has 1 aliphatic heterocycles. The van der Waals surface area contributed by atoms with Crippen LogP contribution in [0.5, 0.6) is 0 Å². The Hall–Kier alpha value is -2.13. The van der Waals surface area contributed by atoms with E-state index in [0.29, 0.717) is 24.5 Å². The lowest BCUT2D eigenvalue weighted by molar-refractivity contribution is -0.129. The Kier molecular flexibility index (Phi) is 6.76. The van der Waals surface area contributed by atoms with Gasteiger partial charge in [0.25, 0.3) is 0 Å². The maximum atomic E-state index is 12.9. The summed E-state index contributed by atoms with van der Waals surface area (Å²) in [6, 6.07) is 4.87. The molecule has 0 aromatic carbocycles. The van der Waals surface area contributed by atoms with Gasteiger partial charge in [0.15, 0.2) is 0 Å². The first-order valence-corrected chi connectivity index (χ1v) is 12.0. The molecular weight excluding hydrogens is 469 g/mol. The third-order valence-corrected chi connectivity index (χ3v) is 7.59. The van der Waals surface area contributed by atoms with Crippen LogP contribution in [0.25, 0.3) is 11.0 Å². The van der Waals surface area contributed by atoms with E-state index in [9.17, 15) is 9.59 Å². The lowest BCUT2D eigenvalue weighted by Gasteiger charge is -2.28. The molecule has 0 bridgehead atoms. The largest absolute Gasteiger partial charge is 0.368 e. The van der Waals surface area contributed by atoms with Gasteiger partial charge in [-0.05, 0) is 49.4 Å². The Morgan fingerprint density at radius 3 is 2.84 bits per heavy atom. The number of rotatable bonds is 7. The normalized spacial score (nSPS) is 20.0. The van der Waals surface area contributed by atoms with Gasteiger partial charge >= 0.3 is 0 Å². The topological polar surface area (TPSA) is 93.2 Å². The smallest absolute Gasteiger partial charge is 0.237 e. The molecule has 0 aliphatic carbocycles. The third-order valence-electron chi connectivity index (χ3n) is 6.04. The van der Waals surface area contributed by atoms with E-state index in [4.69, 9.17) is 28.9 Å². The van der Waals surface area contributed by atoms with Crippen molar-refractivity contribution in [2.24, 2.45) is 18.7 Å². The molecule has 0 saturated carbocycles. The number of amides is 2. The highest BCUT2D eigenvalue weighted by Gasteiger charge is 2.40. The van der Waals surface area contributed by atoms with Crippen molar-refractivity contribution < 1.29 is 9.59 Å². The first-order chi connectivity index (χ1) is 15.2. The van der Waals surface area contributed by atoms with Crippen molar-refractivity contribution >= 4 is 57.4 Å². The first kappa shape index (κ1) is 23.0. The van der Waals surface area contributed by atoms with Crippen LogP contribution in [0.1, 0.15) is 23.8 Å². The van der Waals surface area contributed by atoms with E-state index in [-0.39, 0.29) is 11.8 Å². The highest BCUT2D eigenvalue weighted by atomic mass is 35.5. The number of aryl methyl sites for hydroxylation is 1. The SMILES string of the molecule is C[C@@H](C(=O)NCc1cnc2c(c1)c(Cl)cn2C)N1CC(Cc2ccc(Cl)s2)CC1C(N)=O. The molecule has 3 atom stereocenters. The fourth-order valence-corrected chi connectivity index (χ4v) is 5.88. The predicted molar refractivity (Wildman–Crippen MR) is 128 cm³/mol. The number of pyridine rings is 1. The highest BCUT2D eigenvalue weighted by molar-refractivity contribution is 7.16.